The van der Waals surface area contributed by atoms with Gasteiger partial charge in [-0.2, -0.15) is 0 Å². The van der Waals surface area contributed by atoms with Crippen molar-refractivity contribution in [2.75, 3.05) is 6.61 Å². The van der Waals surface area contributed by atoms with Crippen molar-refractivity contribution >= 4 is 31.8 Å². The fourth-order valence-electron chi connectivity index (χ4n) is 3.58. The van der Waals surface area contributed by atoms with Crippen LogP contribution in [0.1, 0.15) is 84.3 Å². The van der Waals surface area contributed by atoms with E-state index in [2.05, 4.69) is 60.9 Å². The van der Waals surface area contributed by atoms with Gasteiger partial charge in [-0.1, -0.05) is 0 Å². The van der Waals surface area contributed by atoms with E-state index in [9.17, 15) is 0 Å². The van der Waals surface area contributed by atoms with E-state index in [1.165, 1.54) is 54.1 Å². The van der Waals surface area contributed by atoms with Crippen LogP contribution in [0.2, 0.25) is 0 Å². The minimum atomic E-state index is 0.215. The van der Waals surface area contributed by atoms with Gasteiger partial charge in [-0.25, -0.2) is 0 Å². The number of fused-ring (bicyclic) bond motifs is 1. The average molecular weight is 445 g/mol. The molecule has 0 spiro atoms. The predicted molar refractivity (Wildman–Crippen MR) is 103 cm³/mol. The Labute approximate surface area is 155 Å². The molecule has 129 valence electrons. The number of hydrogen-bond acceptors (Lipinski definition) is 1. The van der Waals surface area contributed by atoms with Gasteiger partial charge in [-0.15, -0.1) is 0 Å². The van der Waals surface area contributed by atoms with Crippen molar-refractivity contribution in [2.45, 2.75) is 84.0 Å². The Kier molecular flexibility index (Phi) is 6.71. The molecule has 3 heteroatoms. The van der Waals surface area contributed by atoms with E-state index < -0.39 is 0 Å². The molecule has 0 atom stereocenters. The van der Waals surface area contributed by atoms with Crippen LogP contribution >= 0.6 is 0 Å². The summed E-state index contributed by atoms with van der Waals surface area (Å²) in [7, 11) is 0. The Bertz CT molecular complexity index is 535. The second-order valence-corrected chi connectivity index (χ2v) is 11.3. The predicted octanol–water partition coefficient (Wildman–Crippen LogP) is 4.41. The van der Waals surface area contributed by atoms with Gasteiger partial charge in [0, 0.05) is 0 Å². The number of ether oxygens (including phenoxy) is 1. The minimum absolute atomic E-state index is 0.215. The van der Waals surface area contributed by atoms with Crippen molar-refractivity contribution in [3.63, 3.8) is 0 Å². The van der Waals surface area contributed by atoms with Crippen LogP contribution < -0.4 is 9.20 Å². The molecule has 1 aliphatic carbocycles. The molecule has 1 aliphatic rings. The Morgan fingerprint density at radius 3 is 2.39 bits per heavy atom. The summed E-state index contributed by atoms with van der Waals surface area (Å²) in [6.45, 7) is 12.7. The molecule has 0 bridgehead atoms. The first kappa shape index (κ1) is 19.4. The maximum absolute atomic E-state index is 6.32. The van der Waals surface area contributed by atoms with Crippen molar-refractivity contribution in [1.29, 1.82) is 0 Å². The summed E-state index contributed by atoms with van der Waals surface area (Å²) in [5, 5.41) is 0. The molecule has 0 saturated carbocycles. The third-order valence-corrected chi connectivity index (χ3v) is 8.20. The molecule has 0 amide bonds. The standard InChI is InChI=1S/C20H31OSe2/c1-6-7-8-9-12-21-17-14-15(23-22)13-16-18(17)20(4,5)11-10-19(16,2)3/h13-14H,6-12H2,1-5H3. The Morgan fingerprint density at radius 1 is 1.04 bits per heavy atom. The monoisotopic (exact) mass is 447 g/mol. The van der Waals surface area contributed by atoms with Gasteiger partial charge in [0.1, 0.15) is 0 Å². The van der Waals surface area contributed by atoms with Crippen LogP contribution in [0.3, 0.4) is 0 Å². The number of rotatable bonds is 7. The summed E-state index contributed by atoms with van der Waals surface area (Å²) < 4.78 is 7.74. The van der Waals surface area contributed by atoms with Crippen LogP contribution in [-0.2, 0) is 10.8 Å². The Balaban J connectivity index is 2.33. The van der Waals surface area contributed by atoms with Crippen molar-refractivity contribution in [2.24, 2.45) is 0 Å². The van der Waals surface area contributed by atoms with E-state index in [4.69, 9.17) is 4.74 Å². The summed E-state index contributed by atoms with van der Waals surface area (Å²) in [4.78, 5) is 0. The van der Waals surface area contributed by atoms with E-state index in [0.29, 0.717) is 13.1 Å². The van der Waals surface area contributed by atoms with Gasteiger partial charge >= 0.3 is 156 Å². The van der Waals surface area contributed by atoms with E-state index in [1.54, 1.807) is 0 Å². The second kappa shape index (κ2) is 7.96. The molecule has 0 N–H and O–H groups in total. The molecule has 0 unspecified atom stereocenters. The summed E-state index contributed by atoms with van der Waals surface area (Å²) >= 11 is 3.63. The van der Waals surface area contributed by atoms with Gasteiger partial charge in [0.05, 0.1) is 0 Å². The SMILES string of the molecule is CCCCCCOc1cc([Se][Se])cc2c1C(C)(C)CCC2(C)C. The van der Waals surface area contributed by atoms with E-state index in [-0.39, 0.29) is 10.8 Å². The van der Waals surface area contributed by atoms with Gasteiger partial charge in [-0.3, -0.25) is 0 Å². The van der Waals surface area contributed by atoms with Crippen LogP contribution in [0.15, 0.2) is 12.1 Å². The van der Waals surface area contributed by atoms with Crippen molar-refractivity contribution in [3.05, 3.63) is 23.3 Å². The molecule has 1 radical (unpaired) electrons. The zero-order chi connectivity index (χ0) is 17.1. The van der Waals surface area contributed by atoms with Crippen molar-refractivity contribution < 1.29 is 4.74 Å². The summed E-state index contributed by atoms with van der Waals surface area (Å²) in [5.74, 6) is 1.16. The second-order valence-electron chi connectivity index (χ2n) is 8.10. The summed E-state index contributed by atoms with van der Waals surface area (Å²) in [6, 6.07) is 4.75. The molecule has 0 heterocycles. The molecule has 0 aromatic heterocycles. The Morgan fingerprint density at radius 2 is 1.74 bits per heavy atom. The first-order valence-corrected chi connectivity index (χ1v) is 14.1. The molecule has 1 aromatic carbocycles. The zero-order valence-electron chi connectivity index (χ0n) is 15.3. The quantitative estimate of drug-likeness (QED) is 0.447. The van der Waals surface area contributed by atoms with Gasteiger partial charge < -0.3 is 0 Å². The fraction of sp³-hybridized carbons (Fsp3) is 0.700. The normalized spacial score (nSPS) is 18.5. The van der Waals surface area contributed by atoms with Crippen LogP contribution in [0.4, 0.5) is 0 Å². The topological polar surface area (TPSA) is 9.23 Å². The molecule has 0 aliphatic heterocycles. The summed E-state index contributed by atoms with van der Waals surface area (Å²) in [5.41, 5.74) is 3.46. The number of unbranched alkanes of at least 4 members (excludes halogenated alkanes) is 3. The van der Waals surface area contributed by atoms with Gasteiger partial charge in [0.2, 0.25) is 0 Å². The molecule has 2 rings (SSSR count). The van der Waals surface area contributed by atoms with Gasteiger partial charge in [0.15, 0.2) is 0 Å². The van der Waals surface area contributed by atoms with Crippen LogP contribution in [0, 0.1) is 0 Å². The Hall–Kier alpha value is 0.0590. The molecular weight excluding hydrogens is 414 g/mol. The molecule has 23 heavy (non-hydrogen) atoms. The number of benzene rings is 1. The van der Waals surface area contributed by atoms with Crippen LogP contribution in [0.25, 0.3) is 0 Å². The van der Waals surface area contributed by atoms with E-state index in [1.807, 2.05) is 0 Å². The zero-order valence-corrected chi connectivity index (χ0v) is 18.8. The molecular formula is C20H31OSe2. The first-order chi connectivity index (χ1) is 10.8. The molecule has 1 aromatic rings. The third kappa shape index (κ3) is 4.57. The van der Waals surface area contributed by atoms with Gasteiger partial charge in [-0.05, 0) is 0 Å². The van der Waals surface area contributed by atoms with E-state index >= 15 is 0 Å². The van der Waals surface area contributed by atoms with E-state index in [0.717, 1.165) is 12.4 Å². The third-order valence-electron chi connectivity index (χ3n) is 5.21. The maximum atomic E-state index is 6.32. The number of hydrogen-bond donors (Lipinski definition) is 0. The molecule has 0 fully saturated rings. The average Bonchev–Trinajstić information content (AvgIpc) is 2.51. The van der Waals surface area contributed by atoms with Gasteiger partial charge in [0.25, 0.3) is 0 Å². The van der Waals surface area contributed by atoms with Crippen LogP contribution in [-0.4, -0.2) is 33.9 Å². The fourth-order valence-corrected chi connectivity index (χ4v) is 5.30. The van der Waals surface area contributed by atoms with Crippen LogP contribution in [0.5, 0.6) is 5.75 Å². The van der Waals surface area contributed by atoms with Crippen molar-refractivity contribution in [3.8, 4) is 5.75 Å². The molecule has 1 nitrogen and oxygen atoms in total. The summed E-state index contributed by atoms with van der Waals surface area (Å²) in [6.07, 6.45) is 7.53. The first-order valence-electron chi connectivity index (χ1n) is 8.93. The molecule has 0 saturated heterocycles. The van der Waals surface area contributed by atoms with Crippen molar-refractivity contribution in [1.82, 2.24) is 0 Å².